The molecule has 1 N–H and O–H groups in total. The molecule has 0 unspecified atom stereocenters. The van der Waals surface area contributed by atoms with Crippen LogP contribution in [0.4, 0.5) is 15.8 Å². The Morgan fingerprint density at radius 1 is 0.860 bits per heavy atom. The van der Waals surface area contributed by atoms with Gasteiger partial charge in [-0.2, -0.15) is 0 Å². The number of aromatic nitrogens is 1. The lowest BCUT2D eigenvalue weighted by molar-refractivity contribution is 0.0939. The average Bonchev–Trinajstić information content (AvgIpc) is 3.55. The highest BCUT2D eigenvalue weighted by atomic mass is 32.2. The largest absolute Gasteiger partial charge is 0.486 e. The second kappa shape index (κ2) is 14.2. The van der Waals surface area contributed by atoms with Gasteiger partial charge in [0.15, 0.2) is 17.2 Å². The number of pyridine rings is 1. The first-order valence-electron chi connectivity index (χ1n) is 15.5. The molecule has 4 aromatic carbocycles. The third-order valence-electron chi connectivity index (χ3n) is 8.08. The fraction of sp³-hybridized carbons (Fsp3) is 0.132. The lowest BCUT2D eigenvalue weighted by atomic mass is 10.1. The van der Waals surface area contributed by atoms with Gasteiger partial charge in [-0.05, 0) is 59.7 Å². The van der Waals surface area contributed by atoms with Crippen molar-refractivity contribution in [1.29, 1.82) is 0 Å². The normalized spacial score (nSPS) is 11.3. The van der Waals surface area contributed by atoms with Crippen molar-refractivity contribution in [1.82, 2.24) is 10.3 Å². The van der Waals surface area contributed by atoms with Crippen LogP contribution < -0.4 is 19.3 Å². The number of ether oxygens (including phenoxy) is 1. The summed E-state index contributed by atoms with van der Waals surface area (Å²) in [4.78, 5) is 33.1. The molecule has 0 bridgehead atoms. The molecule has 0 aliphatic carbocycles. The number of fused-ring (bicyclic) bond motifs is 1. The molecule has 0 saturated heterocycles. The van der Waals surface area contributed by atoms with Crippen molar-refractivity contribution in [3.8, 4) is 17.0 Å². The number of benzene rings is 4. The SMILES string of the molecule is CN(C(=O)c1cc2cc(-c3ccc(OCc4ccccc4)c(C(=O)NCc4ccccc4)n3)c(N(C)S(C)(=O)=O)cc2o1)c1ccc(F)cc1. The summed E-state index contributed by atoms with van der Waals surface area (Å²) in [5.74, 6) is -1.20. The van der Waals surface area contributed by atoms with Crippen molar-refractivity contribution in [3.05, 3.63) is 144 Å². The maximum Gasteiger partial charge on any atom is 0.293 e. The molecular formula is C38H33FN4O6S. The number of anilines is 2. The molecule has 0 spiro atoms. The molecule has 0 atom stereocenters. The lowest BCUT2D eigenvalue weighted by Gasteiger charge is -2.21. The minimum absolute atomic E-state index is 0.00593. The van der Waals surface area contributed by atoms with E-state index in [9.17, 15) is 22.4 Å². The second-order valence-corrected chi connectivity index (χ2v) is 13.6. The monoisotopic (exact) mass is 692 g/mol. The molecular weight excluding hydrogens is 660 g/mol. The minimum Gasteiger partial charge on any atom is -0.486 e. The molecule has 0 saturated carbocycles. The molecule has 0 aliphatic rings. The van der Waals surface area contributed by atoms with E-state index in [4.69, 9.17) is 14.1 Å². The van der Waals surface area contributed by atoms with Crippen LogP contribution in [0.5, 0.6) is 5.75 Å². The fourth-order valence-corrected chi connectivity index (χ4v) is 5.75. The molecule has 0 aliphatic heterocycles. The number of carbonyl (C=O) groups is 2. The predicted octanol–water partition coefficient (Wildman–Crippen LogP) is 6.82. The first kappa shape index (κ1) is 33.9. The Morgan fingerprint density at radius 3 is 2.18 bits per heavy atom. The molecule has 12 heteroatoms. The molecule has 6 rings (SSSR count). The Labute approximate surface area is 288 Å². The zero-order chi connectivity index (χ0) is 35.4. The van der Waals surface area contributed by atoms with E-state index in [-0.39, 0.29) is 47.3 Å². The van der Waals surface area contributed by atoms with Crippen molar-refractivity contribution in [2.24, 2.45) is 0 Å². The summed E-state index contributed by atoms with van der Waals surface area (Å²) >= 11 is 0. The maximum absolute atomic E-state index is 13.7. The lowest BCUT2D eigenvalue weighted by Crippen LogP contribution is -2.26. The molecule has 50 heavy (non-hydrogen) atoms. The molecule has 0 radical (unpaired) electrons. The van der Waals surface area contributed by atoms with E-state index in [2.05, 4.69) is 5.32 Å². The first-order chi connectivity index (χ1) is 24.0. The minimum atomic E-state index is -3.78. The van der Waals surface area contributed by atoms with Crippen molar-refractivity contribution in [2.45, 2.75) is 13.2 Å². The van der Waals surface area contributed by atoms with Gasteiger partial charge in [0.1, 0.15) is 18.0 Å². The van der Waals surface area contributed by atoms with Crippen LogP contribution in [0, 0.1) is 5.82 Å². The van der Waals surface area contributed by atoms with Crippen LogP contribution in [0.15, 0.2) is 120 Å². The third-order valence-corrected chi connectivity index (χ3v) is 9.27. The van der Waals surface area contributed by atoms with Crippen LogP contribution >= 0.6 is 0 Å². The molecule has 0 fully saturated rings. The van der Waals surface area contributed by atoms with Crippen LogP contribution in [-0.4, -0.2) is 45.6 Å². The smallest absolute Gasteiger partial charge is 0.293 e. The fourth-order valence-electron chi connectivity index (χ4n) is 5.25. The van der Waals surface area contributed by atoms with Crippen LogP contribution in [0.2, 0.25) is 0 Å². The number of carbonyl (C=O) groups excluding carboxylic acids is 2. The van der Waals surface area contributed by atoms with E-state index in [0.29, 0.717) is 16.6 Å². The Morgan fingerprint density at radius 2 is 1.52 bits per heavy atom. The summed E-state index contributed by atoms with van der Waals surface area (Å²) in [6.07, 6.45) is 1.06. The zero-order valence-electron chi connectivity index (χ0n) is 27.5. The summed E-state index contributed by atoms with van der Waals surface area (Å²) in [6, 6.07) is 32.3. The highest BCUT2D eigenvalue weighted by Gasteiger charge is 2.25. The number of sulfonamides is 1. The number of halogens is 1. The summed E-state index contributed by atoms with van der Waals surface area (Å²) in [5, 5.41) is 3.39. The summed E-state index contributed by atoms with van der Waals surface area (Å²) < 4.78 is 52.2. The standard InChI is InChI=1S/C38H33FN4O6S/c1-42(29-16-14-28(39)15-17-29)38(45)35-21-27-20-30(32(22-34(27)49-35)43(2)50(3,46)47)31-18-19-33(48-24-26-12-8-5-9-13-26)36(41-31)37(44)40-23-25-10-6-4-7-11-25/h4-22H,23-24H2,1-3H3,(H,40,44). The van der Waals surface area contributed by atoms with Gasteiger partial charge >= 0.3 is 0 Å². The second-order valence-electron chi connectivity index (χ2n) is 11.6. The molecule has 10 nitrogen and oxygen atoms in total. The molecule has 2 aromatic heterocycles. The van der Waals surface area contributed by atoms with Crippen LogP contribution in [-0.2, 0) is 23.2 Å². The van der Waals surface area contributed by atoms with E-state index < -0.39 is 27.7 Å². The molecule has 6 aromatic rings. The van der Waals surface area contributed by atoms with Crippen molar-refractivity contribution in [3.63, 3.8) is 0 Å². The first-order valence-corrected chi connectivity index (χ1v) is 17.4. The predicted molar refractivity (Wildman–Crippen MR) is 190 cm³/mol. The summed E-state index contributed by atoms with van der Waals surface area (Å²) in [6.45, 7) is 0.434. The van der Waals surface area contributed by atoms with E-state index in [0.717, 1.165) is 21.7 Å². The Hall–Kier alpha value is -6.01. The number of amides is 2. The van der Waals surface area contributed by atoms with Gasteiger partial charge < -0.3 is 19.4 Å². The zero-order valence-corrected chi connectivity index (χ0v) is 28.3. The van der Waals surface area contributed by atoms with Crippen LogP contribution in [0.1, 0.15) is 32.2 Å². The topological polar surface area (TPSA) is 122 Å². The summed E-state index contributed by atoms with van der Waals surface area (Å²) in [7, 11) is -0.851. The highest BCUT2D eigenvalue weighted by Crippen LogP contribution is 2.37. The van der Waals surface area contributed by atoms with Crippen molar-refractivity contribution in [2.75, 3.05) is 29.6 Å². The van der Waals surface area contributed by atoms with Crippen LogP contribution in [0.3, 0.4) is 0 Å². The quantitative estimate of drug-likeness (QED) is 0.158. The van der Waals surface area contributed by atoms with Crippen molar-refractivity contribution >= 4 is 44.2 Å². The number of hydrogen-bond acceptors (Lipinski definition) is 7. The van der Waals surface area contributed by atoms with Gasteiger partial charge in [0.2, 0.25) is 10.0 Å². The number of rotatable bonds is 11. The van der Waals surface area contributed by atoms with Gasteiger partial charge in [0.05, 0.1) is 17.6 Å². The van der Waals surface area contributed by atoms with Gasteiger partial charge in [0, 0.05) is 43.3 Å². The van der Waals surface area contributed by atoms with E-state index >= 15 is 0 Å². The van der Waals surface area contributed by atoms with Gasteiger partial charge in [0.25, 0.3) is 11.8 Å². The van der Waals surface area contributed by atoms with Gasteiger partial charge in [-0.1, -0.05) is 60.7 Å². The third kappa shape index (κ3) is 7.50. The van der Waals surface area contributed by atoms with Gasteiger partial charge in [-0.15, -0.1) is 0 Å². The van der Waals surface area contributed by atoms with E-state index in [1.54, 1.807) is 18.2 Å². The molecule has 2 heterocycles. The Balaban J connectivity index is 1.41. The van der Waals surface area contributed by atoms with Crippen LogP contribution in [0.25, 0.3) is 22.2 Å². The van der Waals surface area contributed by atoms with E-state index in [1.165, 1.54) is 55.4 Å². The Kier molecular flexibility index (Phi) is 9.64. The summed E-state index contributed by atoms with van der Waals surface area (Å²) in [5.41, 5.74) is 3.35. The van der Waals surface area contributed by atoms with Crippen molar-refractivity contribution < 1.29 is 31.6 Å². The maximum atomic E-state index is 13.7. The van der Waals surface area contributed by atoms with Gasteiger partial charge in [-0.25, -0.2) is 17.8 Å². The van der Waals surface area contributed by atoms with Gasteiger partial charge in [-0.3, -0.25) is 13.9 Å². The Bertz CT molecular complexity index is 2280. The van der Waals surface area contributed by atoms with E-state index in [1.807, 2.05) is 60.7 Å². The molecule has 254 valence electrons. The average molecular weight is 693 g/mol. The number of furan rings is 1. The highest BCUT2D eigenvalue weighted by molar-refractivity contribution is 7.92. The molecule has 2 amide bonds. The number of hydrogen-bond donors (Lipinski definition) is 1. The number of nitrogens with zero attached hydrogens (tertiary/aromatic N) is 3. The number of nitrogens with one attached hydrogen (secondary N) is 1.